The Labute approximate surface area is 166 Å². The second-order valence-electron chi connectivity index (χ2n) is 5.80. The largest absolute Gasteiger partial charge is 0.481 e. The van der Waals surface area contributed by atoms with Crippen LogP contribution in [-0.2, 0) is 22.7 Å². The molecule has 1 aliphatic heterocycles. The van der Waals surface area contributed by atoms with Crippen molar-refractivity contribution in [2.75, 3.05) is 18.6 Å². The third kappa shape index (κ3) is 4.95. The molecule has 0 radical (unpaired) electrons. The summed E-state index contributed by atoms with van der Waals surface area (Å²) in [4.78, 5) is 38.8. The van der Waals surface area contributed by atoms with Crippen molar-refractivity contribution in [3.63, 3.8) is 0 Å². The zero-order valence-electron chi connectivity index (χ0n) is 14.5. The standard InChI is InChI=1S/C11H17N5O10P2S/c1-29-11-14-8(12)5-9(15-11)16(3-13-5)10-7(18)6(17)4(25-10)2-24-28(22,23)26-27(19,20)21/h3-4,6-7,10,17-18H,2H2,1H3,(H,22,23)(H2,12,14,15)(H2,19,20,21)/t4-,6-,7-,10-/m0/s1. The Hall–Kier alpha value is -1.16. The smallest absolute Gasteiger partial charge is 0.387 e. The molecule has 7 N–H and O–H groups in total. The fourth-order valence-corrected chi connectivity index (χ4v) is 4.58. The number of hydrogen-bond donors (Lipinski definition) is 6. The normalized spacial score (nSPS) is 27.4. The molecule has 15 nitrogen and oxygen atoms in total. The molecule has 2 aromatic rings. The molecule has 162 valence electrons. The van der Waals surface area contributed by atoms with Crippen LogP contribution in [0.1, 0.15) is 6.23 Å². The second kappa shape index (κ2) is 8.17. The SMILES string of the molecule is CSc1nc(N)c2ncn([C@H]3O[C@@H](COP(=O)(O)OP(=O)(O)O)[C@H](O)[C@@H]3O)c2n1. The van der Waals surface area contributed by atoms with E-state index >= 15 is 0 Å². The highest BCUT2D eigenvalue weighted by molar-refractivity contribution is 7.98. The number of hydrogen-bond acceptors (Lipinski definition) is 12. The Morgan fingerprint density at radius 3 is 2.59 bits per heavy atom. The van der Waals surface area contributed by atoms with Crippen LogP contribution in [0.4, 0.5) is 5.82 Å². The lowest BCUT2D eigenvalue weighted by Crippen LogP contribution is -2.33. The van der Waals surface area contributed by atoms with Gasteiger partial charge in [-0.2, -0.15) is 4.31 Å². The predicted octanol–water partition coefficient (Wildman–Crippen LogP) is -1.02. The van der Waals surface area contributed by atoms with E-state index in [4.69, 9.17) is 20.3 Å². The van der Waals surface area contributed by atoms with Gasteiger partial charge < -0.3 is 35.4 Å². The van der Waals surface area contributed by atoms with Crippen molar-refractivity contribution in [2.24, 2.45) is 0 Å². The summed E-state index contributed by atoms with van der Waals surface area (Å²) >= 11 is 1.22. The lowest BCUT2D eigenvalue weighted by atomic mass is 10.1. The van der Waals surface area contributed by atoms with Crippen molar-refractivity contribution in [1.29, 1.82) is 0 Å². The van der Waals surface area contributed by atoms with Gasteiger partial charge in [0.25, 0.3) is 0 Å². The quantitative estimate of drug-likeness (QED) is 0.160. The molecule has 18 heteroatoms. The van der Waals surface area contributed by atoms with Crippen LogP contribution in [0.5, 0.6) is 0 Å². The van der Waals surface area contributed by atoms with Gasteiger partial charge in [-0.05, 0) is 6.26 Å². The molecule has 3 heterocycles. The van der Waals surface area contributed by atoms with E-state index in [0.29, 0.717) is 5.16 Å². The van der Waals surface area contributed by atoms with Gasteiger partial charge in [0.1, 0.15) is 23.8 Å². The summed E-state index contributed by atoms with van der Waals surface area (Å²) in [7, 11) is -10.4. The summed E-state index contributed by atoms with van der Waals surface area (Å²) < 4.78 is 37.1. The fourth-order valence-electron chi connectivity index (χ4n) is 2.62. The molecule has 0 amide bonds. The Kier molecular flexibility index (Phi) is 6.34. The van der Waals surface area contributed by atoms with E-state index in [1.807, 2.05) is 0 Å². The molecule has 1 fully saturated rings. The van der Waals surface area contributed by atoms with Crippen molar-refractivity contribution in [1.82, 2.24) is 19.5 Å². The predicted molar refractivity (Wildman–Crippen MR) is 96.3 cm³/mol. The van der Waals surface area contributed by atoms with Crippen molar-refractivity contribution in [3.8, 4) is 0 Å². The van der Waals surface area contributed by atoms with Crippen LogP contribution in [0.2, 0.25) is 0 Å². The molecule has 2 aromatic heterocycles. The molecule has 3 rings (SSSR count). The molecule has 0 spiro atoms. The maximum Gasteiger partial charge on any atom is 0.481 e. The first-order valence-corrected chi connectivity index (χ1v) is 12.0. The summed E-state index contributed by atoms with van der Waals surface area (Å²) in [5.74, 6) is 0.0989. The Morgan fingerprint density at radius 1 is 1.28 bits per heavy atom. The lowest BCUT2D eigenvalue weighted by Gasteiger charge is -2.17. The number of nitrogens with two attached hydrogens (primary N) is 1. The summed E-state index contributed by atoms with van der Waals surface area (Å²) in [6, 6.07) is 0. The van der Waals surface area contributed by atoms with Gasteiger partial charge in [0.05, 0.1) is 12.9 Å². The van der Waals surface area contributed by atoms with Gasteiger partial charge in [-0.3, -0.25) is 9.09 Å². The van der Waals surface area contributed by atoms with E-state index in [0.717, 1.165) is 0 Å². The van der Waals surface area contributed by atoms with Gasteiger partial charge in [0, 0.05) is 0 Å². The number of phosphoric ester groups is 1. The van der Waals surface area contributed by atoms with Crippen LogP contribution in [0.15, 0.2) is 11.5 Å². The minimum absolute atomic E-state index is 0.0989. The number of fused-ring (bicyclic) bond motifs is 1. The fraction of sp³-hybridized carbons (Fsp3) is 0.545. The van der Waals surface area contributed by atoms with E-state index in [9.17, 15) is 24.2 Å². The number of thioether (sulfide) groups is 1. The molecule has 1 unspecified atom stereocenters. The monoisotopic (exact) mass is 473 g/mol. The zero-order chi connectivity index (χ0) is 21.6. The summed E-state index contributed by atoms with van der Waals surface area (Å²) in [6.07, 6.45) is -2.66. The number of aliphatic hydroxyl groups is 2. The minimum atomic E-state index is -5.30. The van der Waals surface area contributed by atoms with Crippen LogP contribution < -0.4 is 5.73 Å². The first-order valence-electron chi connectivity index (χ1n) is 7.71. The molecular formula is C11H17N5O10P2S. The van der Waals surface area contributed by atoms with Crippen molar-refractivity contribution in [3.05, 3.63) is 6.33 Å². The zero-order valence-corrected chi connectivity index (χ0v) is 17.1. The molecule has 0 aliphatic carbocycles. The van der Waals surface area contributed by atoms with Crippen molar-refractivity contribution >= 4 is 44.4 Å². The Morgan fingerprint density at radius 2 is 1.97 bits per heavy atom. The third-order valence-corrected chi connectivity index (χ3v) is 6.53. The van der Waals surface area contributed by atoms with Crippen LogP contribution in [0.25, 0.3) is 11.2 Å². The number of aromatic nitrogens is 4. The topological polar surface area (TPSA) is 233 Å². The van der Waals surface area contributed by atoms with E-state index in [2.05, 4.69) is 23.8 Å². The number of anilines is 1. The average molecular weight is 473 g/mol. The molecule has 29 heavy (non-hydrogen) atoms. The number of aliphatic hydroxyl groups excluding tert-OH is 2. The summed E-state index contributed by atoms with van der Waals surface area (Å²) in [5.41, 5.74) is 6.29. The van der Waals surface area contributed by atoms with Crippen molar-refractivity contribution in [2.45, 2.75) is 29.7 Å². The van der Waals surface area contributed by atoms with E-state index in [-0.39, 0.29) is 17.0 Å². The highest BCUT2D eigenvalue weighted by atomic mass is 32.2. The lowest BCUT2D eigenvalue weighted by molar-refractivity contribution is -0.0503. The molecule has 0 bridgehead atoms. The molecule has 1 aliphatic rings. The molecule has 5 atom stereocenters. The molecular weight excluding hydrogens is 456 g/mol. The summed E-state index contributed by atoms with van der Waals surface area (Å²) in [5, 5.41) is 20.8. The minimum Gasteiger partial charge on any atom is -0.387 e. The number of imidazole rings is 1. The van der Waals surface area contributed by atoms with E-state index < -0.39 is 46.8 Å². The number of phosphoric acid groups is 2. The van der Waals surface area contributed by atoms with E-state index in [1.54, 1.807) is 6.26 Å². The highest BCUT2D eigenvalue weighted by Crippen LogP contribution is 2.57. The molecule has 1 saturated heterocycles. The van der Waals surface area contributed by atoms with Gasteiger partial charge in [0.15, 0.2) is 22.8 Å². The number of rotatable bonds is 7. The second-order valence-corrected chi connectivity index (χ2v) is 9.41. The Bertz CT molecular complexity index is 1000. The molecule has 0 saturated carbocycles. The first-order chi connectivity index (χ1) is 13.4. The highest BCUT2D eigenvalue weighted by Gasteiger charge is 2.46. The maximum atomic E-state index is 11.5. The van der Waals surface area contributed by atoms with Gasteiger partial charge in [-0.15, -0.1) is 0 Å². The van der Waals surface area contributed by atoms with Gasteiger partial charge in [-0.1, -0.05) is 11.8 Å². The first kappa shape index (κ1) is 22.5. The van der Waals surface area contributed by atoms with E-state index in [1.165, 1.54) is 22.7 Å². The van der Waals surface area contributed by atoms with Gasteiger partial charge in [0.2, 0.25) is 0 Å². The number of nitrogens with zero attached hydrogens (tertiary/aromatic N) is 4. The third-order valence-electron chi connectivity index (χ3n) is 3.83. The molecule has 0 aromatic carbocycles. The average Bonchev–Trinajstić information content (AvgIpc) is 3.13. The Balaban J connectivity index is 1.80. The van der Waals surface area contributed by atoms with Crippen LogP contribution in [-0.4, -0.2) is 75.6 Å². The maximum absolute atomic E-state index is 11.5. The van der Waals surface area contributed by atoms with Gasteiger partial charge >= 0.3 is 15.6 Å². The number of nitrogen functional groups attached to an aromatic ring is 1. The van der Waals surface area contributed by atoms with Crippen LogP contribution >= 0.6 is 27.4 Å². The summed E-state index contributed by atoms with van der Waals surface area (Å²) in [6.45, 7) is -0.817. The van der Waals surface area contributed by atoms with Gasteiger partial charge in [-0.25, -0.2) is 24.1 Å². The van der Waals surface area contributed by atoms with Crippen molar-refractivity contribution < 1.29 is 47.6 Å². The van der Waals surface area contributed by atoms with Crippen LogP contribution in [0.3, 0.4) is 0 Å². The number of ether oxygens (including phenoxy) is 1. The van der Waals surface area contributed by atoms with Crippen LogP contribution in [0, 0.1) is 0 Å².